The number of halogens is 1. The Bertz CT molecular complexity index is 733. The SMILES string of the molecule is O=C(NC[C@@H](c1ccc(Cl)cc1)N1CCOCC1)N1CCC(N2CCNC2=O)CC1. The van der Waals surface area contributed by atoms with Gasteiger partial charge in [-0.25, -0.2) is 9.59 Å². The van der Waals surface area contributed by atoms with Crippen molar-refractivity contribution in [3.63, 3.8) is 0 Å². The predicted molar refractivity (Wildman–Crippen MR) is 115 cm³/mol. The number of nitrogens with one attached hydrogen (secondary N) is 2. The van der Waals surface area contributed by atoms with Crippen LogP contribution in [-0.4, -0.2) is 91.8 Å². The lowest BCUT2D eigenvalue weighted by Gasteiger charge is -2.37. The van der Waals surface area contributed by atoms with Gasteiger partial charge in [-0.3, -0.25) is 4.90 Å². The van der Waals surface area contributed by atoms with Crippen LogP contribution in [0.1, 0.15) is 24.4 Å². The second-order valence-electron chi connectivity index (χ2n) is 8.05. The van der Waals surface area contributed by atoms with Crippen molar-refractivity contribution in [1.29, 1.82) is 0 Å². The molecule has 1 atom stereocenters. The number of piperidine rings is 1. The van der Waals surface area contributed by atoms with Crippen LogP contribution in [0.2, 0.25) is 5.02 Å². The largest absolute Gasteiger partial charge is 0.379 e. The summed E-state index contributed by atoms with van der Waals surface area (Å²) in [6.45, 7) is 6.44. The predicted octanol–water partition coefficient (Wildman–Crippen LogP) is 1.91. The van der Waals surface area contributed by atoms with Gasteiger partial charge in [0.05, 0.1) is 19.3 Å². The monoisotopic (exact) mass is 435 g/mol. The molecule has 3 saturated heterocycles. The Kier molecular flexibility index (Phi) is 6.97. The molecular formula is C21H30ClN5O3. The van der Waals surface area contributed by atoms with Gasteiger partial charge >= 0.3 is 12.1 Å². The van der Waals surface area contributed by atoms with Crippen LogP contribution < -0.4 is 10.6 Å². The summed E-state index contributed by atoms with van der Waals surface area (Å²) in [6, 6.07) is 8.15. The molecule has 0 unspecified atom stereocenters. The van der Waals surface area contributed by atoms with E-state index in [2.05, 4.69) is 15.5 Å². The Morgan fingerprint density at radius 1 is 1.13 bits per heavy atom. The van der Waals surface area contributed by atoms with Gasteiger partial charge in [-0.2, -0.15) is 0 Å². The molecule has 4 rings (SSSR count). The van der Waals surface area contributed by atoms with Crippen molar-refractivity contribution in [2.45, 2.75) is 24.9 Å². The summed E-state index contributed by atoms with van der Waals surface area (Å²) in [5.74, 6) is 0. The van der Waals surface area contributed by atoms with Gasteiger partial charge in [0.1, 0.15) is 0 Å². The Hall–Kier alpha value is -2.03. The molecule has 3 aliphatic heterocycles. The van der Waals surface area contributed by atoms with Crippen LogP contribution >= 0.6 is 11.6 Å². The van der Waals surface area contributed by atoms with Crippen molar-refractivity contribution in [2.24, 2.45) is 0 Å². The fourth-order valence-corrected chi connectivity index (χ4v) is 4.67. The third-order valence-corrected chi connectivity index (χ3v) is 6.52. The highest BCUT2D eigenvalue weighted by Crippen LogP contribution is 2.24. The number of urea groups is 2. The maximum atomic E-state index is 12.8. The Labute approximate surface area is 182 Å². The number of nitrogens with zero attached hydrogens (tertiary/aromatic N) is 3. The molecule has 1 aromatic carbocycles. The zero-order chi connectivity index (χ0) is 20.9. The smallest absolute Gasteiger partial charge is 0.317 e. The molecule has 0 saturated carbocycles. The first-order chi connectivity index (χ1) is 14.6. The number of likely N-dealkylation sites (tertiary alicyclic amines) is 1. The van der Waals surface area contributed by atoms with E-state index in [4.69, 9.17) is 16.3 Å². The molecule has 0 spiro atoms. The molecule has 3 fully saturated rings. The van der Waals surface area contributed by atoms with Crippen LogP contribution in [0.3, 0.4) is 0 Å². The van der Waals surface area contributed by atoms with Gasteiger partial charge in [0, 0.05) is 56.9 Å². The third kappa shape index (κ3) is 4.99. The average Bonchev–Trinajstić information content (AvgIpc) is 3.21. The molecule has 1 aromatic rings. The highest BCUT2D eigenvalue weighted by atomic mass is 35.5. The lowest BCUT2D eigenvalue weighted by Crippen LogP contribution is -2.51. The fourth-order valence-electron chi connectivity index (χ4n) is 4.54. The first-order valence-electron chi connectivity index (χ1n) is 10.8. The minimum absolute atomic E-state index is 0.0224. The number of hydrogen-bond donors (Lipinski definition) is 2. The van der Waals surface area contributed by atoms with Crippen LogP contribution in [0.15, 0.2) is 24.3 Å². The summed E-state index contributed by atoms with van der Waals surface area (Å²) in [5, 5.41) is 6.70. The van der Waals surface area contributed by atoms with Crippen LogP contribution in [0.25, 0.3) is 0 Å². The summed E-state index contributed by atoms with van der Waals surface area (Å²) < 4.78 is 5.49. The number of benzene rings is 1. The van der Waals surface area contributed by atoms with Crippen molar-refractivity contribution < 1.29 is 14.3 Å². The first kappa shape index (κ1) is 21.2. The van der Waals surface area contributed by atoms with Crippen molar-refractivity contribution in [3.05, 3.63) is 34.9 Å². The highest BCUT2D eigenvalue weighted by molar-refractivity contribution is 6.30. The number of morpholine rings is 1. The molecule has 2 N–H and O–H groups in total. The zero-order valence-corrected chi connectivity index (χ0v) is 17.9. The molecule has 0 aliphatic carbocycles. The van der Waals surface area contributed by atoms with Crippen molar-refractivity contribution in [3.8, 4) is 0 Å². The zero-order valence-electron chi connectivity index (χ0n) is 17.2. The number of hydrogen-bond acceptors (Lipinski definition) is 4. The van der Waals surface area contributed by atoms with E-state index in [1.54, 1.807) is 0 Å². The second-order valence-corrected chi connectivity index (χ2v) is 8.48. The van der Waals surface area contributed by atoms with E-state index in [0.29, 0.717) is 44.4 Å². The Morgan fingerprint density at radius 2 is 1.83 bits per heavy atom. The van der Waals surface area contributed by atoms with Gasteiger partial charge in [-0.05, 0) is 30.5 Å². The molecule has 8 nitrogen and oxygen atoms in total. The first-order valence-corrected chi connectivity index (χ1v) is 11.1. The van der Waals surface area contributed by atoms with E-state index in [9.17, 15) is 9.59 Å². The van der Waals surface area contributed by atoms with Gasteiger partial charge in [0.2, 0.25) is 0 Å². The van der Waals surface area contributed by atoms with E-state index in [0.717, 1.165) is 38.0 Å². The quantitative estimate of drug-likeness (QED) is 0.740. The molecule has 0 bridgehead atoms. The van der Waals surface area contributed by atoms with Gasteiger partial charge in [0.15, 0.2) is 0 Å². The van der Waals surface area contributed by atoms with Crippen LogP contribution in [0, 0.1) is 0 Å². The summed E-state index contributed by atoms with van der Waals surface area (Å²) in [6.07, 6.45) is 1.65. The molecule has 30 heavy (non-hydrogen) atoms. The summed E-state index contributed by atoms with van der Waals surface area (Å²) in [7, 11) is 0. The molecule has 164 valence electrons. The van der Waals surface area contributed by atoms with E-state index in [1.165, 1.54) is 0 Å². The average molecular weight is 436 g/mol. The minimum atomic E-state index is -0.0356. The lowest BCUT2D eigenvalue weighted by molar-refractivity contribution is 0.0164. The molecule has 0 aromatic heterocycles. The van der Waals surface area contributed by atoms with Crippen LogP contribution in [0.4, 0.5) is 9.59 Å². The Balaban J connectivity index is 1.32. The number of ether oxygens (including phenoxy) is 1. The van der Waals surface area contributed by atoms with Crippen molar-refractivity contribution in [1.82, 2.24) is 25.3 Å². The van der Waals surface area contributed by atoms with Gasteiger partial charge in [-0.1, -0.05) is 23.7 Å². The normalized spacial score (nSPS) is 22.1. The molecule has 3 aliphatic rings. The maximum Gasteiger partial charge on any atom is 0.317 e. The van der Waals surface area contributed by atoms with Crippen molar-refractivity contribution in [2.75, 3.05) is 59.0 Å². The van der Waals surface area contributed by atoms with Crippen LogP contribution in [0.5, 0.6) is 0 Å². The number of carbonyl (C=O) groups is 2. The summed E-state index contributed by atoms with van der Waals surface area (Å²) in [5.41, 5.74) is 1.14. The molecule has 0 radical (unpaired) electrons. The van der Waals surface area contributed by atoms with E-state index < -0.39 is 0 Å². The minimum Gasteiger partial charge on any atom is -0.379 e. The maximum absolute atomic E-state index is 12.8. The number of rotatable bonds is 5. The van der Waals surface area contributed by atoms with E-state index in [-0.39, 0.29) is 24.1 Å². The second kappa shape index (κ2) is 9.85. The number of amides is 4. The van der Waals surface area contributed by atoms with Crippen LogP contribution in [-0.2, 0) is 4.74 Å². The highest BCUT2D eigenvalue weighted by Gasteiger charge is 2.32. The molecular weight excluding hydrogens is 406 g/mol. The summed E-state index contributed by atoms with van der Waals surface area (Å²) in [4.78, 5) is 30.8. The van der Waals surface area contributed by atoms with Gasteiger partial charge < -0.3 is 25.2 Å². The number of carbonyl (C=O) groups excluding carboxylic acids is 2. The Morgan fingerprint density at radius 3 is 2.47 bits per heavy atom. The molecule has 4 amide bonds. The molecule has 9 heteroatoms. The topological polar surface area (TPSA) is 77.2 Å². The van der Waals surface area contributed by atoms with Gasteiger partial charge in [-0.15, -0.1) is 0 Å². The summed E-state index contributed by atoms with van der Waals surface area (Å²) >= 11 is 6.06. The fraction of sp³-hybridized carbons (Fsp3) is 0.619. The van der Waals surface area contributed by atoms with Crippen molar-refractivity contribution >= 4 is 23.7 Å². The van der Waals surface area contributed by atoms with E-state index in [1.807, 2.05) is 34.1 Å². The molecule has 3 heterocycles. The third-order valence-electron chi connectivity index (χ3n) is 6.27. The van der Waals surface area contributed by atoms with Gasteiger partial charge in [0.25, 0.3) is 0 Å². The van der Waals surface area contributed by atoms with E-state index >= 15 is 0 Å². The lowest BCUT2D eigenvalue weighted by atomic mass is 10.0. The standard InChI is InChI=1S/C21H30ClN5O3/c22-17-3-1-16(2-4-17)19(25-11-13-30-14-12-25)15-24-20(28)26-8-5-18(6-9-26)27-10-7-23-21(27)29/h1-4,18-19H,5-15H2,(H,23,29)(H,24,28)/t19-/m0/s1.